The Morgan fingerprint density at radius 1 is 1.45 bits per heavy atom. The summed E-state index contributed by atoms with van der Waals surface area (Å²) < 4.78 is 6.19. The van der Waals surface area contributed by atoms with Gasteiger partial charge in [0.2, 0.25) is 5.88 Å². The largest absolute Gasteiger partial charge is 0.473 e. The Kier molecular flexibility index (Phi) is 3.26. The van der Waals surface area contributed by atoms with Crippen molar-refractivity contribution in [2.24, 2.45) is 22.5 Å². The standard InChI is InChI=1S/C16H23ClN2O/c1-15(2)11-4-5-16(15,3)13(7-11)20-14-12(17)6-10(8-18)9-19-14/h6,9,11,13H,4-5,7-8,18H2,1-3H3. The molecule has 3 nitrogen and oxygen atoms in total. The molecule has 2 bridgehead atoms. The fraction of sp³-hybridized carbons (Fsp3) is 0.688. The number of fused-ring (bicyclic) bond motifs is 2. The topological polar surface area (TPSA) is 48.1 Å². The van der Waals surface area contributed by atoms with Crippen LogP contribution in [0.5, 0.6) is 5.88 Å². The number of hydrogen-bond donors (Lipinski definition) is 1. The van der Waals surface area contributed by atoms with E-state index in [2.05, 4.69) is 25.8 Å². The molecule has 2 fully saturated rings. The van der Waals surface area contributed by atoms with Crippen LogP contribution in [0.15, 0.2) is 12.3 Å². The smallest absolute Gasteiger partial charge is 0.232 e. The Morgan fingerprint density at radius 2 is 2.20 bits per heavy atom. The summed E-state index contributed by atoms with van der Waals surface area (Å²) in [5.74, 6) is 1.30. The van der Waals surface area contributed by atoms with Gasteiger partial charge in [0.05, 0.1) is 0 Å². The first-order chi connectivity index (χ1) is 9.38. The minimum absolute atomic E-state index is 0.213. The molecular weight excluding hydrogens is 272 g/mol. The van der Waals surface area contributed by atoms with Crippen molar-refractivity contribution in [3.05, 3.63) is 22.8 Å². The molecule has 110 valence electrons. The summed E-state index contributed by atoms with van der Waals surface area (Å²) in [6.45, 7) is 7.55. The van der Waals surface area contributed by atoms with Gasteiger partial charge in [-0.15, -0.1) is 0 Å². The average Bonchev–Trinajstić information content (AvgIpc) is 2.74. The van der Waals surface area contributed by atoms with E-state index in [-0.39, 0.29) is 11.5 Å². The van der Waals surface area contributed by atoms with Crippen LogP contribution in [0.2, 0.25) is 5.02 Å². The SMILES string of the molecule is CC1(C)C2CCC1(C)C(Oc1ncc(CN)cc1Cl)C2. The average molecular weight is 295 g/mol. The van der Waals surface area contributed by atoms with E-state index in [1.807, 2.05) is 6.07 Å². The number of aromatic nitrogens is 1. The van der Waals surface area contributed by atoms with Gasteiger partial charge in [-0.2, -0.15) is 0 Å². The summed E-state index contributed by atoms with van der Waals surface area (Å²) in [5, 5.41) is 0.567. The van der Waals surface area contributed by atoms with Gasteiger partial charge in [-0.05, 0) is 42.2 Å². The van der Waals surface area contributed by atoms with E-state index in [1.54, 1.807) is 6.20 Å². The zero-order valence-corrected chi connectivity index (χ0v) is 13.2. The van der Waals surface area contributed by atoms with Gasteiger partial charge in [0.1, 0.15) is 11.1 Å². The highest BCUT2D eigenvalue weighted by Crippen LogP contribution is 2.66. The molecule has 3 atom stereocenters. The van der Waals surface area contributed by atoms with Crippen LogP contribution in [0.1, 0.15) is 45.6 Å². The van der Waals surface area contributed by atoms with Crippen LogP contribution in [0, 0.1) is 16.7 Å². The Bertz CT molecular complexity index is 531. The second-order valence-corrected chi connectivity index (χ2v) is 7.46. The van der Waals surface area contributed by atoms with Gasteiger partial charge >= 0.3 is 0 Å². The second-order valence-electron chi connectivity index (χ2n) is 7.05. The number of hydrogen-bond acceptors (Lipinski definition) is 3. The molecular formula is C16H23ClN2O. The minimum atomic E-state index is 0.213. The summed E-state index contributed by atoms with van der Waals surface area (Å²) in [4.78, 5) is 4.34. The summed E-state index contributed by atoms with van der Waals surface area (Å²) in [5.41, 5.74) is 7.08. The van der Waals surface area contributed by atoms with E-state index in [0.29, 0.717) is 22.9 Å². The normalized spacial score (nSPS) is 34.5. The summed E-state index contributed by atoms with van der Waals surface area (Å²) >= 11 is 6.26. The number of halogens is 1. The molecule has 0 radical (unpaired) electrons. The van der Waals surface area contributed by atoms with Crippen LogP contribution in [-0.2, 0) is 6.54 Å². The molecule has 0 spiro atoms. The Balaban J connectivity index is 1.83. The number of rotatable bonds is 3. The van der Waals surface area contributed by atoms with Gasteiger partial charge in [-0.3, -0.25) is 0 Å². The van der Waals surface area contributed by atoms with Crippen molar-refractivity contribution >= 4 is 11.6 Å². The number of nitrogens with zero attached hydrogens (tertiary/aromatic N) is 1. The van der Waals surface area contributed by atoms with E-state index < -0.39 is 0 Å². The van der Waals surface area contributed by atoms with Crippen molar-refractivity contribution in [3.63, 3.8) is 0 Å². The van der Waals surface area contributed by atoms with Crippen LogP contribution in [0.25, 0.3) is 0 Å². The third-order valence-electron chi connectivity index (χ3n) is 6.07. The van der Waals surface area contributed by atoms with E-state index >= 15 is 0 Å². The highest BCUT2D eigenvalue weighted by molar-refractivity contribution is 6.31. The zero-order valence-electron chi connectivity index (χ0n) is 12.4. The molecule has 4 heteroatoms. The summed E-state index contributed by atoms with van der Waals surface area (Å²) in [7, 11) is 0. The third-order valence-corrected chi connectivity index (χ3v) is 6.34. The van der Waals surface area contributed by atoms with Crippen LogP contribution in [0.4, 0.5) is 0 Å². The Hall–Kier alpha value is -0.800. The predicted octanol–water partition coefficient (Wildman–Crippen LogP) is 3.79. The molecule has 3 rings (SSSR count). The van der Waals surface area contributed by atoms with Crippen molar-refractivity contribution in [2.45, 2.75) is 52.7 Å². The Labute approximate surface area is 125 Å². The first-order valence-electron chi connectivity index (χ1n) is 7.39. The van der Waals surface area contributed by atoms with Gasteiger partial charge in [-0.25, -0.2) is 4.98 Å². The third kappa shape index (κ3) is 1.86. The van der Waals surface area contributed by atoms with Gasteiger partial charge in [0.25, 0.3) is 0 Å². The van der Waals surface area contributed by atoms with Crippen molar-refractivity contribution in [1.29, 1.82) is 0 Å². The van der Waals surface area contributed by atoms with E-state index in [1.165, 1.54) is 12.8 Å². The van der Waals surface area contributed by atoms with E-state index in [0.717, 1.165) is 17.9 Å². The fourth-order valence-electron chi connectivity index (χ4n) is 4.11. The van der Waals surface area contributed by atoms with Gasteiger partial charge in [-0.1, -0.05) is 32.4 Å². The zero-order chi connectivity index (χ0) is 14.5. The monoisotopic (exact) mass is 294 g/mol. The molecule has 2 aliphatic rings. The molecule has 20 heavy (non-hydrogen) atoms. The molecule has 1 aromatic heterocycles. The molecule has 2 aliphatic carbocycles. The lowest BCUT2D eigenvalue weighted by molar-refractivity contribution is 0.0273. The lowest BCUT2D eigenvalue weighted by Crippen LogP contribution is -2.39. The van der Waals surface area contributed by atoms with Gasteiger partial charge < -0.3 is 10.5 Å². The van der Waals surface area contributed by atoms with Crippen LogP contribution < -0.4 is 10.5 Å². The van der Waals surface area contributed by atoms with Crippen molar-refractivity contribution in [2.75, 3.05) is 0 Å². The number of ether oxygens (including phenoxy) is 1. The quantitative estimate of drug-likeness (QED) is 0.923. The molecule has 2 saturated carbocycles. The molecule has 1 heterocycles. The molecule has 1 aromatic rings. The van der Waals surface area contributed by atoms with Gasteiger partial charge in [0, 0.05) is 18.2 Å². The maximum absolute atomic E-state index is 6.26. The maximum atomic E-state index is 6.26. The molecule has 0 aromatic carbocycles. The molecule has 3 unspecified atom stereocenters. The van der Waals surface area contributed by atoms with Crippen LogP contribution in [0.3, 0.4) is 0 Å². The minimum Gasteiger partial charge on any atom is -0.473 e. The van der Waals surface area contributed by atoms with Crippen LogP contribution in [-0.4, -0.2) is 11.1 Å². The van der Waals surface area contributed by atoms with Crippen molar-refractivity contribution in [3.8, 4) is 5.88 Å². The first kappa shape index (κ1) is 14.2. The fourth-order valence-corrected chi connectivity index (χ4v) is 4.34. The van der Waals surface area contributed by atoms with Crippen LogP contribution >= 0.6 is 11.6 Å². The lowest BCUT2D eigenvalue weighted by Gasteiger charge is -2.38. The lowest BCUT2D eigenvalue weighted by atomic mass is 9.70. The second kappa shape index (κ2) is 4.60. The van der Waals surface area contributed by atoms with Crippen molar-refractivity contribution < 1.29 is 4.74 Å². The molecule has 0 amide bonds. The molecule has 2 N–H and O–H groups in total. The number of pyridine rings is 1. The van der Waals surface area contributed by atoms with Crippen molar-refractivity contribution in [1.82, 2.24) is 4.98 Å². The predicted molar refractivity (Wildman–Crippen MR) is 80.8 cm³/mol. The van der Waals surface area contributed by atoms with E-state index in [4.69, 9.17) is 22.1 Å². The maximum Gasteiger partial charge on any atom is 0.232 e. The van der Waals surface area contributed by atoms with E-state index in [9.17, 15) is 0 Å². The highest BCUT2D eigenvalue weighted by Gasteiger charge is 2.62. The first-order valence-corrected chi connectivity index (χ1v) is 7.77. The Morgan fingerprint density at radius 3 is 2.70 bits per heavy atom. The summed E-state index contributed by atoms with van der Waals surface area (Å²) in [6.07, 6.45) is 5.62. The molecule has 0 saturated heterocycles. The molecule has 0 aliphatic heterocycles. The highest BCUT2D eigenvalue weighted by atomic mass is 35.5. The van der Waals surface area contributed by atoms with Gasteiger partial charge in [0.15, 0.2) is 0 Å². The number of nitrogens with two attached hydrogens (primary N) is 1. The summed E-state index contributed by atoms with van der Waals surface area (Å²) in [6, 6.07) is 1.85.